The van der Waals surface area contributed by atoms with E-state index in [1.54, 1.807) is 42.6 Å². The molecule has 0 fully saturated rings. The molecule has 0 saturated carbocycles. The Morgan fingerprint density at radius 1 is 1.05 bits per heavy atom. The molecule has 0 spiro atoms. The zero-order valence-electron chi connectivity index (χ0n) is 10.8. The van der Waals surface area contributed by atoms with Crippen molar-refractivity contribution < 1.29 is 9.59 Å². The normalized spacial score (nSPS) is 9.85. The first-order chi connectivity index (χ1) is 9.56. The Balaban J connectivity index is 2.11. The summed E-state index contributed by atoms with van der Waals surface area (Å²) in [7, 11) is 0. The van der Waals surface area contributed by atoms with Gasteiger partial charge in [-0.1, -0.05) is 12.2 Å². The maximum Gasteiger partial charge on any atom is 0.258 e. The van der Waals surface area contributed by atoms with Gasteiger partial charge in [-0.15, -0.1) is 0 Å². The van der Waals surface area contributed by atoms with Crippen molar-refractivity contribution in [3.8, 4) is 0 Å². The van der Waals surface area contributed by atoms with Gasteiger partial charge in [-0.2, -0.15) is 0 Å². The average Bonchev–Trinajstić information content (AvgIpc) is 2.41. The molecule has 6 heteroatoms. The maximum atomic E-state index is 12.0. The minimum Gasteiger partial charge on any atom is -0.352 e. The molecule has 2 aromatic rings. The van der Waals surface area contributed by atoms with E-state index in [2.05, 4.69) is 15.6 Å². The lowest BCUT2D eigenvalue weighted by Gasteiger charge is -2.07. The zero-order valence-corrected chi connectivity index (χ0v) is 11.6. The smallest absolute Gasteiger partial charge is 0.258 e. The summed E-state index contributed by atoms with van der Waals surface area (Å²) in [5, 5.41) is 5.39. The van der Waals surface area contributed by atoms with Gasteiger partial charge in [0.25, 0.3) is 5.91 Å². The van der Waals surface area contributed by atoms with E-state index in [1.807, 2.05) is 0 Å². The van der Waals surface area contributed by atoms with Gasteiger partial charge in [0.2, 0.25) is 5.91 Å². The average molecular weight is 287 g/mol. The molecule has 0 radical (unpaired) electrons. The van der Waals surface area contributed by atoms with Crippen LogP contribution in [0.3, 0.4) is 0 Å². The molecule has 0 aliphatic carbocycles. The van der Waals surface area contributed by atoms with Crippen molar-refractivity contribution in [1.29, 1.82) is 0 Å². The minimum absolute atomic E-state index is 0.141. The van der Waals surface area contributed by atoms with Gasteiger partial charge in [-0.3, -0.25) is 9.59 Å². The van der Waals surface area contributed by atoms with E-state index >= 15 is 0 Å². The van der Waals surface area contributed by atoms with Gasteiger partial charge < -0.3 is 15.6 Å². The van der Waals surface area contributed by atoms with Crippen LogP contribution in [0.4, 0.5) is 11.4 Å². The number of carbonyl (C=O) groups excluding carboxylic acids is 2. The third kappa shape index (κ3) is 3.52. The molecule has 2 rings (SSSR count). The highest BCUT2D eigenvalue weighted by molar-refractivity contribution is 7.71. The van der Waals surface area contributed by atoms with Crippen molar-refractivity contribution in [2.45, 2.75) is 6.92 Å². The number of hydrogen-bond acceptors (Lipinski definition) is 3. The second-order valence-electron chi connectivity index (χ2n) is 4.13. The summed E-state index contributed by atoms with van der Waals surface area (Å²) in [5.74, 6) is -0.420. The second kappa shape index (κ2) is 6.12. The molecule has 0 atom stereocenters. The fourth-order valence-electron chi connectivity index (χ4n) is 1.64. The predicted molar refractivity (Wildman–Crippen MR) is 80.3 cm³/mol. The molecule has 20 heavy (non-hydrogen) atoms. The van der Waals surface area contributed by atoms with Crippen LogP contribution in [0.1, 0.15) is 17.3 Å². The van der Waals surface area contributed by atoms with Crippen molar-refractivity contribution >= 4 is 35.4 Å². The van der Waals surface area contributed by atoms with Crippen LogP contribution in [0.25, 0.3) is 0 Å². The molecular weight excluding hydrogens is 274 g/mol. The lowest BCUT2D eigenvalue weighted by molar-refractivity contribution is -0.114. The van der Waals surface area contributed by atoms with Crippen LogP contribution in [0.15, 0.2) is 42.6 Å². The van der Waals surface area contributed by atoms with Crippen LogP contribution in [0, 0.1) is 4.64 Å². The first-order valence-corrected chi connectivity index (χ1v) is 6.34. The van der Waals surface area contributed by atoms with Crippen molar-refractivity contribution in [2.24, 2.45) is 0 Å². The fraction of sp³-hybridized carbons (Fsp3) is 0.0714. The zero-order chi connectivity index (χ0) is 14.5. The quantitative estimate of drug-likeness (QED) is 0.760. The fourth-order valence-corrected chi connectivity index (χ4v) is 1.87. The van der Waals surface area contributed by atoms with Gasteiger partial charge >= 0.3 is 0 Å². The van der Waals surface area contributed by atoms with E-state index in [-0.39, 0.29) is 11.8 Å². The number of hydrogen-bond donors (Lipinski definition) is 3. The van der Waals surface area contributed by atoms with Gasteiger partial charge in [0, 0.05) is 24.5 Å². The molecule has 102 valence electrons. The van der Waals surface area contributed by atoms with Crippen molar-refractivity contribution in [1.82, 2.24) is 4.98 Å². The number of anilines is 2. The Morgan fingerprint density at radius 3 is 2.20 bits per heavy atom. The summed E-state index contributed by atoms with van der Waals surface area (Å²) in [6.45, 7) is 1.44. The number of H-pyrrole nitrogens is 1. The van der Waals surface area contributed by atoms with E-state index < -0.39 is 0 Å². The molecule has 0 unspecified atom stereocenters. The summed E-state index contributed by atoms with van der Waals surface area (Å²) in [5.41, 5.74) is 1.71. The van der Waals surface area contributed by atoms with Gasteiger partial charge in [-0.25, -0.2) is 0 Å². The number of rotatable bonds is 3. The number of amides is 2. The van der Waals surface area contributed by atoms with Crippen LogP contribution in [-0.4, -0.2) is 16.8 Å². The first kappa shape index (κ1) is 14.0. The largest absolute Gasteiger partial charge is 0.352 e. The summed E-state index contributed by atoms with van der Waals surface area (Å²) in [4.78, 5) is 25.7. The molecule has 0 saturated heterocycles. The Hall–Kier alpha value is -2.47. The number of nitrogens with one attached hydrogen (secondary N) is 3. The molecule has 0 aliphatic rings. The topological polar surface area (TPSA) is 74.0 Å². The second-order valence-corrected chi connectivity index (χ2v) is 4.53. The highest BCUT2D eigenvalue weighted by atomic mass is 32.1. The molecule has 3 N–H and O–H groups in total. The van der Waals surface area contributed by atoms with Gasteiger partial charge in [-0.05, 0) is 36.4 Å². The van der Waals surface area contributed by atoms with Crippen LogP contribution < -0.4 is 10.6 Å². The molecule has 2 amide bonds. The Labute approximate surface area is 121 Å². The van der Waals surface area contributed by atoms with Crippen molar-refractivity contribution in [3.05, 3.63) is 52.8 Å². The van der Waals surface area contributed by atoms with Crippen molar-refractivity contribution in [2.75, 3.05) is 10.6 Å². The monoisotopic (exact) mass is 287 g/mol. The highest BCUT2D eigenvalue weighted by Gasteiger charge is 2.07. The van der Waals surface area contributed by atoms with Gasteiger partial charge in [0.15, 0.2) is 0 Å². The Morgan fingerprint density at radius 2 is 1.65 bits per heavy atom. The van der Waals surface area contributed by atoms with E-state index in [9.17, 15) is 9.59 Å². The number of benzene rings is 1. The van der Waals surface area contributed by atoms with E-state index in [1.165, 1.54) is 6.92 Å². The number of pyridine rings is 1. The molecule has 0 aliphatic heterocycles. The standard InChI is InChI=1S/C14H13N3O2S/c1-9(18)16-10-4-6-11(7-5-10)17-13(19)12-3-2-8-15-14(12)20/h2-8H,1H3,(H,15,20)(H,16,18)(H,17,19). The minimum atomic E-state index is -0.279. The maximum absolute atomic E-state index is 12.0. The van der Waals surface area contributed by atoms with Crippen LogP contribution in [-0.2, 0) is 4.79 Å². The predicted octanol–water partition coefficient (Wildman–Crippen LogP) is 2.95. The summed E-state index contributed by atoms with van der Waals surface area (Å²) >= 11 is 5.05. The van der Waals surface area contributed by atoms with E-state index in [4.69, 9.17) is 12.2 Å². The van der Waals surface area contributed by atoms with E-state index in [0.717, 1.165) is 0 Å². The van der Waals surface area contributed by atoms with Gasteiger partial charge in [0.05, 0.1) is 5.56 Å². The molecule has 1 aromatic carbocycles. The number of carbonyl (C=O) groups is 2. The Kier molecular flexibility index (Phi) is 4.27. The number of aromatic nitrogens is 1. The molecule has 0 bridgehead atoms. The van der Waals surface area contributed by atoms with Gasteiger partial charge in [0.1, 0.15) is 4.64 Å². The summed E-state index contributed by atoms with van der Waals surface area (Å²) in [6.07, 6.45) is 1.67. The van der Waals surface area contributed by atoms with E-state index in [0.29, 0.717) is 21.6 Å². The molecule has 1 aromatic heterocycles. The lowest BCUT2D eigenvalue weighted by atomic mass is 10.2. The Bertz CT molecular complexity index is 692. The molecule has 1 heterocycles. The third-order valence-electron chi connectivity index (χ3n) is 2.53. The molecule has 5 nitrogen and oxygen atoms in total. The lowest BCUT2D eigenvalue weighted by Crippen LogP contribution is -2.13. The first-order valence-electron chi connectivity index (χ1n) is 5.93. The third-order valence-corrected chi connectivity index (χ3v) is 2.86. The summed E-state index contributed by atoms with van der Waals surface area (Å²) < 4.78 is 0.389. The summed E-state index contributed by atoms with van der Waals surface area (Å²) in [6, 6.07) is 10.2. The highest BCUT2D eigenvalue weighted by Crippen LogP contribution is 2.14. The molecular formula is C14H13N3O2S. The van der Waals surface area contributed by atoms with Crippen LogP contribution in [0.2, 0.25) is 0 Å². The van der Waals surface area contributed by atoms with Crippen molar-refractivity contribution in [3.63, 3.8) is 0 Å². The number of aromatic amines is 1. The van der Waals surface area contributed by atoms with Crippen LogP contribution >= 0.6 is 12.2 Å². The SMILES string of the molecule is CC(=O)Nc1ccc(NC(=O)c2ccc[nH]c2=S)cc1. The van der Waals surface area contributed by atoms with Crippen LogP contribution in [0.5, 0.6) is 0 Å².